The van der Waals surface area contributed by atoms with Gasteiger partial charge in [0.25, 0.3) is 0 Å². The third kappa shape index (κ3) is 3.11. The Morgan fingerprint density at radius 3 is 2.22 bits per heavy atom. The van der Waals surface area contributed by atoms with Gasteiger partial charge >= 0.3 is 0 Å². The fourth-order valence-electron chi connectivity index (χ4n) is 5.77. The first-order valence-electron chi connectivity index (χ1n) is 12.4. The fourth-order valence-corrected chi connectivity index (χ4v) is 6.17. The minimum Gasteiger partial charge on any atom is -0.456 e. The molecule has 0 amide bonds. The fraction of sp³-hybridized carbons (Fsp3) is 0. The van der Waals surface area contributed by atoms with E-state index in [-0.39, 0.29) is 0 Å². The Morgan fingerprint density at radius 2 is 1.30 bits per heavy atom. The second kappa shape index (κ2) is 7.83. The average Bonchev–Trinajstić information content (AvgIpc) is 3.48. The number of benzene rings is 6. The predicted octanol–water partition coefficient (Wildman–Crippen LogP) is 10.3. The van der Waals surface area contributed by atoms with Crippen LogP contribution in [0.25, 0.3) is 71.3 Å². The van der Waals surface area contributed by atoms with E-state index in [2.05, 4.69) is 142 Å². The number of hydrogen-bond donors (Lipinski definition) is 0. The Bertz CT molecular complexity index is 2160. The number of para-hydroxylation sites is 1. The van der Waals surface area contributed by atoms with Crippen molar-refractivity contribution in [1.82, 2.24) is 4.57 Å². The van der Waals surface area contributed by atoms with E-state index < -0.39 is 0 Å². The quantitative estimate of drug-likeness (QED) is 0.214. The maximum atomic E-state index is 6.28. The van der Waals surface area contributed by atoms with Crippen molar-refractivity contribution >= 4 is 70.4 Å². The normalized spacial score (nSPS) is 11.9. The smallest absolute Gasteiger partial charge is 0.136 e. The molecule has 2 aromatic heterocycles. The summed E-state index contributed by atoms with van der Waals surface area (Å²) < 4.78 is 9.75. The van der Waals surface area contributed by atoms with Crippen LogP contribution < -0.4 is 0 Å². The van der Waals surface area contributed by atoms with Crippen LogP contribution in [0.3, 0.4) is 0 Å². The molecule has 37 heavy (non-hydrogen) atoms. The standard InChI is InChI=1S/C34H20BrNO/c35-24-8-5-7-22(18-24)23-12-15-28-27-10-3-4-11-30(27)36(31(28)19-23)25-14-17-32-29(20-25)34-26-9-2-1-6-21(26)13-16-33(34)37-32/h1-20H. The van der Waals surface area contributed by atoms with Gasteiger partial charge in [0.2, 0.25) is 0 Å². The summed E-state index contributed by atoms with van der Waals surface area (Å²) in [5.74, 6) is 0. The molecule has 0 N–H and O–H groups in total. The van der Waals surface area contributed by atoms with Crippen LogP contribution in [0.1, 0.15) is 0 Å². The Kier molecular flexibility index (Phi) is 4.40. The van der Waals surface area contributed by atoms with Gasteiger partial charge in [-0.05, 0) is 70.4 Å². The van der Waals surface area contributed by atoms with Gasteiger partial charge < -0.3 is 8.98 Å². The second-order valence-electron chi connectivity index (χ2n) is 9.54. The van der Waals surface area contributed by atoms with Crippen molar-refractivity contribution < 1.29 is 4.42 Å². The van der Waals surface area contributed by atoms with Gasteiger partial charge in [-0.15, -0.1) is 0 Å². The van der Waals surface area contributed by atoms with E-state index in [1.807, 2.05) is 0 Å². The number of hydrogen-bond acceptors (Lipinski definition) is 1. The molecule has 0 atom stereocenters. The van der Waals surface area contributed by atoms with Crippen molar-refractivity contribution in [3.8, 4) is 16.8 Å². The molecule has 2 nitrogen and oxygen atoms in total. The van der Waals surface area contributed by atoms with Crippen LogP contribution in [0.2, 0.25) is 0 Å². The van der Waals surface area contributed by atoms with Crippen molar-refractivity contribution in [2.45, 2.75) is 0 Å². The maximum absolute atomic E-state index is 6.28. The van der Waals surface area contributed by atoms with Crippen molar-refractivity contribution in [3.05, 3.63) is 126 Å². The second-order valence-corrected chi connectivity index (χ2v) is 10.5. The molecule has 0 aliphatic heterocycles. The van der Waals surface area contributed by atoms with Crippen molar-refractivity contribution in [1.29, 1.82) is 0 Å². The highest BCUT2D eigenvalue weighted by Crippen LogP contribution is 2.39. The first-order valence-corrected chi connectivity index (χ1v) is 13.2. The van der Waals surface area contributed by atoms with Crippen LogP contribution in [-0.4, -0.2) is 4.57 Å². The zero-order chi connectivity index (χ0) is 24.5. The van der Waals surface area contributed by atoms with E-state index in [0.29, 0.717) is 0 Å². The molecule has 0 fully saturated rings. The van der Waals surface area contributed by atoms with Gasteiger partial charge in [-0.2, -0.15) is 0 Å². The number of rotatable bonds is 2. The lowest BCUT2D eigenvalue weighted by atomic mass is 10.0. The summed E-state index contributed by atoms with van der Waals surface area (Å²) >= 11 is 3.63. The van der Waals surface area contributed by atoms with E-state index in [0.717, 1.165) is 26.7 Å². The van der Waals surface area contributed by atoms with E-state index in [9.17, 15) is 0 Å². The highest BCUT2D eigenvalue weighted by molar-refractivity contribution is 9.10. The predicted molar refractivity (Wildman–Crippen MR) is 159 cm³/mol. The molecule has 174 valence electrons. The molecule has 0 saturated carbocycles. The molecule has 0 radical (unpaired) electrons. The molecule has 0 bridgehead atoms. The number of halogens is 1. The Hall–Kier alpha value is -4.34. The molecule has 0 aliphatic carbocycles. The molecule has 0 saturated heterocycles. The summed E-state index contributed by atoms with van der Waals surface area (Å²) in [5.41, 5.74) is 7.72. The average molecular weight is 538 g/mol. The summed E-state index contributed by atoms with van der Waals surface area (Å²) in [4.78, 5) is 0. The Balaban J connectivity index is 1.45. The van der Waals surface area contributed by atoms with Gasteiger partial charge in [-0.3, -0.25) is 0 Å². The van der Waals surface area contributed by atoms with Gasteiger partial charge in [-0.25, -0.2) is 0 Å². The zero-order valence-electron chi connectivity index (χ0n) is 19.8. The number of fused-ring (bicyclic) bond motifs is 8. The monoisotopic (exact) mass is 537 g/mol. The van der Waals surface area contributed by atoms with Crippen LogP contribution >= 0.6 is 15.9 Å². The van der Waals surface area contributed by atoms with Gasteiger partial charge in [-0.1, -0.05) is 88.7 Å². The van der Waals surface area contributed by atoms with Crippen molar-refractivity contribution in [3.63, 3.8) is 0 Å². The maximum Gasteiger partial charge on any atom is 0.136 e. The summed E-state index contributed by atoms with van der Waals surface area (Å²) in [6, 6.07) is 43.2. The molecule has 3 heteroatoms. The molecular formula is C34H20BrNO. The SMILES string of the molecule is Brc1cccc(-c2ccc3c4ccccc4n(-c4ccc5oc6ccc7ccccc7c6c5c4)c3c2)c1. The summed E-state index contributed by atoms with van der Waals surface area (Å²) in [6.07, 6.45) is 0. The van der Waals surface area contributed by atoms with E-state index >= 15 is 0 Å². The van der Waals surface area contributed by atoms with E-state index in [4.69, 9.17) is 4.42 Å². The van der Waals surface area contributed by atoms with Crippen LogP contribution in [-0.2, 0) is 0 Å². The lowest BCUT2D eigenvalue weighted by Crippen LogP contribution is -1.93. The molecule has 2 heterocycles. The number of aromatic nitrogens is 1. The largest absolute Gasteiger partial charge is 0.456 e. The van der Waals surface area contributed by atoms with Gasteiger partial charge in [0.05, 0.1) is 11.0 Å². The lowest BCUT2D eigenvalue weighted by Gasteiger charge is -2.10. The van der Waals surface area contributed by atoms with Gasteiger partial charge in [0.15, 0.2) is 0 Å². The molecular weight excluding hydrogens is 518 g/mol. The van der Waals surface area contributed by atoms with Crippen LogP contribution in [0.4, 0.5) is 0 Å². The highest BCUT2D eigenvalue weighted by atomic mass is 79.9. The summed E-state index contributed by atoms with van der Waals surface area (Å²) in [5, 5.41) is 7.25. The highest BCUT2D eigenvalue weighted by Gasteiger charge is 2.16. The first-order chi connectivity index (χ1) is 18.2. The molecule has 8 aromatic rings. The van der Waals surface area contributed by atoms with Gasteiger partial charge in [0, 0.05) is 31.7 Å². The van der Waals surface area contributed by atoms with E-state index in [1.165, 1.54) is 49.1 Å². The molecule has 6 aromatic carbocycles. The van der Waals surface area contributed by atoms with Crippen molar-refractivity contribution in [2.75, 3.05) is 0 Å². The van der Waals surface area contributed by atoms with Gasteiger partial charge in [0.1, 0.15) is 11.2 Å². The molecule has 8 rings (SSSR count). The first kappa shape index (κ1) is 20.8. The van der Waals surface area contributed by atoms with Crippen LogP contribution in [0.5, 0.6) is 0 Å². The summed E-state index contributed by atoms with van der Waals surface area (Å²) in [7, 11) is 0. The van der Waals surface area contributed by atoms with Crippen LogP contribution in [0, 0.1) is 0 Å². The molecule has 0 unspecified atom stereocenters. The molecule has 0 spiro atoms. The Morgan fingerprint density at radius 1 is 0.514 bits per heavy atom. The van der Waals surface area contributed by atoms with Crippen LogP contribution in [0.15, 0.2) is 130 Å². The zero-order valence-corrected chi connectivity index (χ0v) is 21.4. The minimum atomic E-state index is 0.908. The lowest BCUT2D eigenvalue weighted by molar-refractivity contribution is 0.669. The van der Waals surface area contributed by atoms with Crippen molar-refractivity contribution in [2.24, 2.45) is 0 Å². The number of nitrogens with zero attached hydrogens (tertiary/aromatic N) is 1. The third-order valence-corrected chi connectivity index (χ3v) is 7.93. The Labute approximate surface area is 221 Å². The molecule has 0 aliphatic rings. The minimum absolute atomic E-state index is 0.908. The third-order valence-electron chi connectivity index (χ3n) is 7.43. The van der Waals surface area contributed by atoms with E-state index in [1.54, 1.807) is 0 Å². The summed E-state index contributed by atoms with van der Waals surface area (Å²) in [6.45, 7) is 0. The number of furan rings is 1. The topological polar surface area (TPSA) is 18.1 Å².